The van der Waals surface area contributed by atoms with Gasteiger partial charge < -0.3 is 14.5 Å². The summed E-state index contributed by atoms with van der Waals surface area (Å²) >= 11 is 0. The number of hydrogen-bond donors (Lipinski definition) is 2. The Hall–Kier alpha value is -3.34. The predicted octanol–water partition coefficient (Wildman–Crippen LogP) is 5.07. The lowest BCUT2D eigenvalue weighted by atomic mass is 10.0. The van der Waals surface area contributed by atoms with E-state index in [0.29, 0.717) is 11.6 Å². The van der Waals surface area contributed by atoms with Crippen LogP contribution in [0.2, 0.25) is 0 Å². The third kappa shape index (κ3) is 2.40. The van der Waals surface area contributed by atoms with E-state index < -0.39 is 5.97 Å². The van der Waals surface area contributed by atoms with Crippen molar-refractivity contribution in [1.29, 1.82) is 0 Å². The van der Waals surface area contributed by atoms with Gasteiger partial charge in [-0.25, -0.2) is 9.78 Å². The maximum absolute atomic E-state index is 11.3. The number of aromatic nitrogens is 2. The third-order valence-electron chi connectivity index (χ3n) is 4.91. The molecule has 5 rings (SSSR count). The van der Waals surface area contributed by atoms with Crippen LogP contribution < -0.4 is 0 Å². The molecular formula is C21H16N2O3. The maximum atomic E-state index is 11.3. The van der Waals surface area contributed by atoms with Crippen molar-refractivity contribution in [1.82, 2.24) is 9.97 Å². The summed E-state index contributed by atoms with van der Waals surface area (Å²) in [6, 6.07) is 13.4. The Morgan fingerprint density at radius 1 is 1.19 bits per heavy atom. The van der Waals surface area contributed by atoms with Gasteiger partial charge in [0, 0.05) is 22.0 Å². The molecule has 5 nitrogen and oxygen atoms in total. The van der Waals surface area contributed by atoms with Gasteiger partial charge in [-0.15, -0.1) is 0 Å². The zero-order valence-corrected chi connectivity index (χ0v) is 13.9. The number of carbonyl (C=O) groups is 1. The lowest BCUT2D eigenvalue weighted by Gasteiger charge is -2.05. The van der Waals surface area contributed by atoms with E-state index in [1.165, 1.54) is 24.5 Å². The Labute approximate surface area is 149 Å². The number of aromatic carboxylic acids is 1. The lowest BCUT2D eigenvalue weighted by Crippen LogP contribution is -2.00. The van der Waals surface area contributed by atoms with Gasteiger partial charge in [0.05, 0.1) is 23.9 Å². The van der Waals surface area contributed by atoms with Gasteiger partial charge in [0.25, 0.3) is 0 Å². The van der Waals surface area contributed by atoms with Crippen molar-refractivity contribution < 1.29 is 14.3 Å². The average Bonchev–Trinajstić information content (AvgIpc) is 3.23. The van der Waals surface area contributed by atoms with Crippen LogP contribution in [0.3, 0.4) is 0 Å². The van der Waals surface area contributed by atoms with E-state index in [4.69, 9.17) is 4.42 Å². The Balaban J connectivity index is 1.77. The van der Waals surface area contributed by atoms with Crippen LogP contribution >= 0.6 is 0 Å². The number of aromatic amines is 1. The van der Waals surface area contributed by atoms with Crippen LogP contribution in [0, 0.1) is 0 Å². The number of nitrogens with zero attached hydrogens (tertiary/aromatic N) is 1. The van der Waals surface area contributed by atoms with Gasteiger partial charge in [-0.2, -0.15) is 0 Å². The van der Waals surface area contributed by atoms with Gasteiger partial charge in [-0.3, -0.25) is 0 Å². The normalized spacial score (nSPS) is 14.0. The number of rotatable bonds is 4. The summed E-state index contributed by atoms with van der Waals surface area (Å²) in [7, 11) is 0. The molecule has 0 unspecified atom stereocenters. The van der Waals surface area contributed by atoms with Crippen LogP contribution in [0.5, 0.6) is 0 Å². The van der Waals surface area contributed by atoms with Crippen LogP contribution in [0.25, 0.3) is 33.4 Å². The topological polar surface area (TPSA) is 79.1 Å². The van der Waals surface area contributed by atoms with E-state index in [1.54, 1.807) is 18.6 Å². The van der Waals surface area contributed by atoms with E-state index in [9.17, 15) is 9.90 Å². The quantitative estimate of drug-likeness (QED) is 0.542. The Bertz CT molecular complexity index is 1120. The molecule has 4 aromatic rings. The molecule has 2 N–H and O–H groups in total. The monoisotopic (exact) mass is 344 g/mol. The summed E-state index contributed by atoms with van der Waals surface area (Å²) in [6.45, 7) is 0. The number of benzene rings is 1. The summed E-state index contributed by atoms with van der Waals surface area (Å²) in [5.41, 5.74) is 5.73. The molecular weight excluding hydrogens is 328 g/mol. The summed E-state index contributed by atoms with van der Waals surface area (Å²) in [5.74, 6) is -0.371. The summed E-state index contributed by atoms with van der Waals surface area (Å²) in [4.78, 5) is 19.2. The minimum absolute atomic E-state index is 0.0320. The summed E-state index contributed by atoms with van der Waals surface area (Å²) < 4.78 is 5.26. The van der Waals surface area contributed by atoms with Crippen molar-refractivity contribution in [2.45, 2.75) is 18.8 Å². The fourth-order valence-corrected chi connectivity index (χ4v) is 3.47. The van der Waals surface area contributed by atoms with E-state index >= 15 is 0 Å². The Morgan fingerprint density at radius 3 is 2.81 bits per heavy atom. The van der Waals surface area contributed by atoms with Crippen molar-refractivity contribution in [2.24, 2.45) is 0 Å². The van der Waals surface area contributed by atoms with Gasteiger partial charge in [0.15, 0.2) is 0 Å². The number of hydrogen-bond acceptors (Lipinski definition) is 3. The SMILES string of the molecule is O=C(O)c1cccc(-c2c(-c3ccoc3)[nH]c3cc(C4CC4)ccc23)n1. The van der Waals surface area contributed by atoms with Crippen molar-refractivity contribution in [3.8, 4) is 22.5 Å². The highest BCUT2D eigenvalue weighted by Gasteiger charge is 2.25. The Morgan fingerprint density at radius 2 is 2.08 bits per heavy atom. The predicted molar refractivity (Wildman–Crippen MR) is 98.2 cm³/mol. The zero-order valence-electron chi connectivity index (χ0n) is 13.9. The number of fused-ring (bicyclic) bond motifs is 1. The highest BCUT2D eigenvalue weighted by molar-refractivity contribution is 6.03. The molecule has 1 aliphatic rings. The smallest absolute Gasteiger partial charge is 0.354 e. The van der Waals surface area contributed by atoms with E-state index in [0.717, 1.165) is 27.7 Å². The van der Waals surface area contributed by atoms with E-state index in [-0.39, 0.29) is 5.69 Å². The van der Waals surface area contributed by atoms with Crippen molar-refractivity contribution in [2.75, 3.05) is 0 Å². The molecule has 0 bridgehead atoms. The molecule has 0 radical (unpaired) electrons. The van der Waals surface area contributed by atoms with Gasteiger partial charge in [0.2, 0.25) is 0 Å². The molecule has 26 heavy (non-hydrogen) atoms. The molecule has 0 spiro atoms. The first kappa shape index (κ1) is 15.0. The first-order valence-corrected chi connectivity index (χ1v) is 8.59. The standard InChI is InChI=1S/C21H16N2O3/c24-21(25)17-3-1-2-16(22-17)19-15-7-6-13(12-4-5-12)10-18(15)23-20(19)14-8-9-26-11-14/h1-3,6-12,23H,4-5H2,(H,24,25). The van der Waals surface area contributed by atoms with Crippen molar-refractivity contribution in [3.63, 3.8) is 0 Å². The molecule has 3 heterocycles. The maximum Gasteiger partial charge on any atom is 0.354 e. The molecule has 3 aromatic heterocycles. The minimum Gasteiger partial charge on any atom is -0.477 e. The largest absolute Gasteiger partial charge is 0.477 e. The highest BCUT2D eigenvalue weighted by atomic mass is 16.4. The molecule has 0 aliphatic heterocycles. The lowest BCUT2D eigenvalue weighted by molar-refractivity contribution is 0.0690. The zero-order chi connectivity index (χ0) is 17.7. The molecule has 128 valence electrons. The van der Waals surface area contributed by atoms with Gasteiger partial charge >= 0.3 is 5.97 Å². The fraction of sp³-hybridized carbons (Fsp3) is 0.143. The van der Waals surface area contributed by atoms with Crippen LogP contribution in [-0.2, 0) is 0 Å². The molecule has 5 heteroatoms. The molecule has 1 fully saturated rings. The number of carboxylic acids is 1. The molecule has 1 aromatic carbocycles. The van der Waals surface area contributed by atoms with Crippen molar-refractivity contribution in [3.05, 3.63) is 66.2 Å². The minimum atomic E-state index is -1.03. The van der Waals surface area contributed by atoms with E-state index in [1.807, 2.05) is 12.1 Å². The first-order valence-electron chi connectivity index (χ1n) is 8.59. The molecule has 1 saturated carbocycles. The molecule has 0 saturated heterocycles. The van der Waals surface area contributed by atoms with E-state index in [2.05, 4.69) is 28.2 Å². The summed E-state index contributed by atoms with van der Waals surface area (Å²) in [6.07, 6.45) is 5.80. The number of H-pyrrole nitrogens is 1. The average molecular weight is 344 g/mol. The second-order valence-corrected chi connectivity index (χ2v) is 6.68. The number of furan rings is 1. The number of pyridine rings is 1. The second-order valence-electron chi connectivity index (χ2n) is 6.68. The van der Waals surface area contributed by atoms with Gasteiger partial charge in [0.1, 0.15) is 5.69 Å². The van der Waals surface area contributed by atoms with Crippen molar-refractivity contribution >= 4 is 16.9 Å². The number of nitrogens with one attached hydrogen (secondary N) is 1. The second kappa shape index (κ2) is 5.59. The molecule has 1 aliphatic carbocycles. The van der Waals surface area contributed by atoms with Crippen LogP contribution in [0.1, 0.15) is 34.8 Å². The highest BCUT2D eigenvalue weighted by Crippen LogP contribution is 2.43. The van der Waals surface area contributed by atoms with Gasteiger partial charge in [-0.1, -0.05) is 18.2 Å². The fourth-order valence-electron chi connectivity index (χ4n) is 3.47. The molecule has 0 atom stereocenters. The number of carboxylic acid groups (broad SMARTS) is 1. The summed E-state index contributed by atoms with van der Waals surface area (Å²) in [5, 5.41) is 10.3. The Kier molecular flexibility index (Phi) is 3.22. The van der Waals surface area contributed by atoms with Gasteiger partial charge in [-0.05, 0) is 48.6 Å². The van der Waals surface area contributed by atoms with Crippen LogP contribution in [-0.4, -0.2) is 21.0 Å². The van der Waals surface area contributed by atoms with Crippen LogP contribution in [0.4, 0.5) is 0 Å². The third-order valence-corrected chi connectivity index (χ3v) is 4.91. The molecule has 0 amide bonds. The first-order chi connectivity index (χ1) is 12.7. The van der Waals surface area contributed by atoms with Crippen LogP contribution in [0.15, 0.2) is 59.4 Å².